The standard InChI is InChI=1S/C11H10F4O3/c1-10(17,11(13,14)15)7-4-3-6(5-8(7)12)9(16)18-2/h3-5,17H,1-2H3. The topological polar surface area (TPSA) is 46.5 Å². The van der Waals surface area contributed by atoms with Crippen molar-refractivity contribution in [3.8, 4) is 0 Å². The van der Waals surface area contributed by atoms with Crippen LogP contribution in [0.4, 0.5) is 17.6 Å². The van der Waals surface area contributed by atoms with Gasteiger partial charge in [-0.3, -0.25) is 0 Å². The summed E-state index contributed by atoms with van der Waals surface area (Å²) in [7, 11) is 1.06. The summed E-state index contributed by atoms with van der Waals surface area (Å²) >= 11 is 0. The number of carbonyl (C=O) groups excluding carboxylic acids is 1. The fraction of sp³-hybridized carbons (Fsp3) is 0.364. The van der Waals surface area contributed by atoms with Gasteiger partial charge in [0.1, 0.15) is 5.82 Å². The number of halogens is 4. The molecule has 1 aromatic rings. The Hall–Kier alpha value is -1.63. The summed E-state index contributed by atoms with van der Waals surface area (Å²) in [6, 6.07) is 2.24. The molecule has 0 aliphatic carbocycles. The Kier molecular flexibility index (Phi) is 3.66. The van der Waals surface area contributed by atoms with E-state index in [1.165, 1.54) is 0 Å². The van der Waals surface area contributed by atoms with Gasteiger partial charge in [0.15, 0.2) is 5.60 Å². The van der Waals surface area contributed by atoms with E-state index in [9.17, 15) is 27.5 Å². The van der Waals surface area contributed by atoms with Crippen molar-refractivity contribution in [2.45, 2.75) is 18.7 Å². The first-order valence-electron chi connectivity index (χ1n) is 4.78. The number of alkyl halides is 3. The normalized spacial score (nSPS) is 15.1. The number of aliphatic hydroxyl groups is 1. The number of ether oxygens (including phenoxy) is 1. The number of methoxy groups -OCH3 is 1. The van der Waals surface area contributed by atoms with E-state index in [1.807, 2.05) is 0 Å². The highest BCUT2D eigenvalue weighted by Crippen LogP contribution is 2.39. The van der Waals surface area contributed by atoms with Crippen LogP contribution in [0.3, 0.4) is 0 Å². The molecule has 0 bridgehead atoms. The highest BCUT2D eigenvalue weighted by molar-refractivity contribution is 5.89. The Labute approximate surface area is 100.0 Å². The predicted molar refractivity (Wildman–Crippen MR) is 53.4 cm³/mol. The molecule has 1 atom stereocenters. The highest BCUT2D eigenvalue weighted by Gasteiger charge is 2.52. The average molecular weight is 266 g/mol. The van der Waals surface area contributed by atoms with Crippen molar-refractivity contribution in [2.24, 2.45) is 0 Å². The molecular formula is C11H10F4O3. The molecule has 0 aliphatic heterocycles. The zero-order chi connectivity index (χ0) is 14.1. The van der Waals surface area contributed by atoms with Gasteiger partial charge in [-0.15, -0.1) is 0 Å². The zero-order valence-corrected chi connectivity index (χ0v) is 9.51. The van der Waals surface area contributed by atoms with Crippen LogP contribution < -0.4 is 0 Å². The van der Waals surface area contributed by atoms with Gasteiger partial charge < -0.3 is 9.84 Å². The van der Waals surface area contributed by atoms with Gasteiger partial charge in [-0.05, 0) is 19.1 Å². The molecule has 1 rings (SSSR count). The van der Waals surface area contributed by atoms with Crippen LogP contribution in [0.15, 0.2) is 18.2 Å². The van der Waals surface area contributed by atoms with Crippen molar-refractivity contribution >= 4 is 5.97 Å². The Morgan fingerprint density at radius 2 is 1.89 bits per heavy atom. The SMILES string of the molecule is COC(=O)c1ccc(C(C)(O)C(F)(F)F)c(F)c1. The molecule has 0 radical (unpaired) electrons. The van der Waals surface area contributed by atoms with Crippen LogP contribution in [-0.2, 0) is 10.3 Å². The molecular weight excluding hydrogens is 256 g/mol. The van der Waals surface area contributed by atoms with Crippen molar-refractivity contribution in [1.82, 2.24) is 0 Å². The summed E-state index contributed by atoms with van der Waals surface area (Å²) in [5.74, 6) is -2.22. The summed E-state index contributed by atoms with van der Waals surface area (Å²) in [5.41, 5.74) is -4.52. The van der Waals surface area contributed by atoms with Crippen LogP contribution in [0.2, 0.25) is 0 Å². The van der Waals surface area contributed by atoms with Gasteiger partial charge in [0, 0.05) is 5.56 Å². The minimum atomic E-state index is -5.03. The van der Waals surface area contributed by atoms with Crippen LogP contribution in [0.25, 0.3) is 0 Å². The second kappa shape index (κ2) is 4.56. The number of rotatable bonds is 2. The molecule has 0 aromatic heterocycles. The molecule has 0 heterocycles. The second-order valence-corrected chi connectivity index (χ2v) is 3.76. The maximum atomic E-state index is 13.5. The van der Waals surface area contributed by atoms with Gasteiger partial charge in [-0.25, -0.2) is 9.18 Å². The summed E-state index contributed by atoms with van der Waals surface area (Å²) < 4.78 is 55.3. The molecule has 100 valence electrons. The van der Waals surface area contributed by atoms with Crippen molar-refractivity contribution in [2.75, 3.05) is 7.11 Å². The second-order valence-electron chi connectivity index (χ2n) is 3.76. The summed E-state index contributed by atoms with van der Waals surface area (Å²) in [5, 5.41) is 9.31. The average Bonchev–Trinajstić information content (AvgIpc) is 2.25. The third-order valence-electron chi connectivity index (χ3n) is 2.47. The van der Waals surface area contributed by atoms with E-state index in [0.717, 1.165) is 13.2 Å². The molecule has 1 aromatic carbocycles. The van der Waals surface area contributed by atoms with Crippen LogP contribution in [-0.4, -0.2) is 24.4 Å². The van der Waals surface area contributed by atoms with E-state index >= 15 is 0 Å². The predicted octanol–water partition coefficient (Wildman–Crippen LogP) is 2.38. The van der Waals surface area contributed by atoms with Gasteiger partial charge >= 0.3 is 12.1 Å². The molecule has 0 saturated heterocycles. The summed E-state index contributed by atoms with van der Waals surface area (Å²) in [6.45, 7) is 0.434. The number of hydrogen-bond donors (Lipinski definition) is 1. The van der Waals surface area contributed by atoms with Crippen molar-refractivity contribution < 1.29 is 32.2 Å². The highest BCUT2D eigenvalue weighted by atomic mass is 19.4. The van der Waals surface area contributed by atoms with Crippen molar-refractivity contribution in [3.05, 3.63) is 35.1 Å². The monoisotopic (exact) mass is 266 g/mol. The van der Waals surface area contributed by atoms with Crippen LogP contribution in [0.5, 0.6) is 0 Å². The molecule has 1 unspecified atom stereocenters. The van der Waals surface area contributed by atoms with E-state index in [0.29, 0.717) is 19.1 Å². The Bertz CT molecular complexity index is 466. The maximum Gasteiger partial charge on any atom is 0.421 e. The lowest BCUT2D eigenvalue weighted by Gasteiger charge is -2.27. The third kappa shape index (κ3) is 2.45. The molecule has 0 saturated carbocycles. The zero-order valence-electron chi connectivity index (χ0n) is 9.51. The fourth-order valence-corrected chi connectivity index (χ4v) is 1.31. The summed E-state index contributed by atoms with van der Waals surface area (Å²) in [6.07, 6.45) is -5.03. The largest absolute Gasteiger partial charge is 0.465 e. The van der Waals surface area contributed by atoms with Crippen LogP contribution in [0, 0.1) is 5.82 Å². The van der Waals surface area contributed by atoms with Gasteiger partial charge in [0.2, 0.25) is 0 Å². The maximum absolute atomic E-state index is 13.5. The van der Waals surface area contributed by atoms with E-state index < -0.39 is 29.1 Å². The first-order valence-corrected chi connectivity index (χ1v) is 4.78. The molecule has 18 heavy (non-hydrogen) atoms. The Morgan fingerprint density at radius 3 is 2.28 bits per heavy atom. The quantitative estimate of drug-likeness (QED) is 0.660. The van der Waals surface area contributed by atoms with E-state index in [2.05, 4.69) is 4.74 Å². The lowest BCUT2D eigenvalue weighted by Crippen LogP contribution is -2.40. The molecule has 0 amide bonds. The number of esters is 1. The Morgan fingerprint density at radius 1 is 1.33 bits per heavy atom. The lowest BCUT2D eigenvalue weighted by molar-refractivity contribution is -0.259. The number of carbonyl (C=O) groups is 1. The smallest absolute Gasteiger partial charge is 0.421 e. The first kappa shape index (κ1) is 14.4. The summed E-state index contributed by atoms with van der Waals surface area (Å²) in [4.78, 5) is 11.0. The fourth-order valence-electron chi connectivity index (χ4n) is 1.31. The van der Waals surface area contributed by atoms with Gasteiger partial charge in [-0.2, -0.15) is 13.2 Å². The molecule has 0 aliphatic rings. The molecule has 1 N–H and O–H groups in total. The van der Waals surface area contributed by atoms with Crippen LogP contribution in [0.1, 0.15) is 22.8 Å². The van der Waals surface area contributed by atoms with Crippen LogP contribution >= 0.6 is 0 Å². The molecule has 3 nitrogen and oxygen atoms in total. The number of hydrogen-bond acceptors (Lipinski definition) is 3. The van der Waals surface area contributed by atoms with Crippen molar-refractivity contribution in [1.29, 1.82) is 0 Å². The molecule has 7 heteroatoms. The van der Waals surface area contributed by atoms with Gasteiger partial charge in [0.25, 0.3) is 0 Å². The first-order chi connectivity index (χ1) is 8.11. The lowest BCUT2D eigenvalue weighted by atomic mass is 9.94. The molecule has 0 fully saturated rings. The minimum Gasteiger partial charge on any atom is -0.465 e. The number of benzene rings is 1. The van der Waals surface area contributed by atoms with E-state index in [1.54, 1.807) is 0 Å². The van der Waals surface area contributed by atoms with Gasteiger partial charge in [0.05, 0.1) is 12.7 Å². The van der Waals surface area contributed by atoms with Crippen molar-refractivity contribution in [3.63, 3.8) is 0 Å². The van der Waals surface area contributed by atoms with Gasteiger partial charge in [-0.1, -0.05) is 6.07 Å². The minimum absolute atomic E-state index is 0.239. The third-order valence-corrected chi connectivity index (χ3v) is 2.47. The molecule has 0 spiro atoms. The Balaban J connectivity index is 3.26. The van der Waals surface area contributed by atoms with E-state index in [4.69, 9.17) is 0 Å². The van der Waals surface area contributed by atoms with E-state index in [-0.39, 0.29) is 5.56 Å².